The molecule has 104 valence electrons. The summed E-state index contributed by atoms with van der Waals surface area (Å²) in [7, 11) is 0. The Bertz CT molecular complexity index is 348. The predicted molar refractivity (Wildman–Crippen MR) is 74.1 cm³/mol. The van der Waals surface area contributed by atoms with E-state index in [4.69, 9.17) is 16.4 Å². The molecule has 0 saturated carbocycles. The number of allylic oxidation sites excluding steroid dienone is 2. The summed E-state index contributed by atoms with van der Waals surface area (Å²) in [6.07, 6.45) is 4.07. The number of alkyl halides is 1. The minimum atomic E-state index is -0.196. The molecule has 0 radical (unpaired) electrons. The largest absolute Gasteiger partial charge is 0.271 e. The van der Waals surface area contributed by atoms with Crippen molar-refractivity contribution in [2.75, 3.05) is 12.5 Å². The van der Waals surface area contributed by atoms with Gasteiger partial charge in [0.25, 0.3) is 5.91 Å². The van der Waals surface area contributed by atoms with E-state index in [0.717, 1.165) is 18.5 Å². The van der Waals surface area contributed by atoms with Gasteiger partial charge in [-0.05, 0) is 30.6 Å². The highest BCUT2D eigenvalue weighted by Gasteiger charge is 2.36. The van der Waals surface area contributed by atoms with Crippen LogP contribution in [0, 0.1) is 10.8 Å². The Morgan fingerprint density at radius 2 is 2.06 bits per heavy atom. The Morgan fingerprint density at radius 1 is 1.44 bits per heavy atom. The van der Waals surface area contributed by atoms with Crippen LogP contribution < -0.4 is 0 Å². The van der Waals surface area contributed by atoms with Gasteiger partial charge in [0.05, 0.1) is 6.61 Å². The van der Waals surface area contributed by atoms with Crippen LogP contribution in [0.1, 0.15) is 47.5 Å². The first-order valence-electron chi connectivity index (χ1n) is 6.44. The number of rotatable bonds is 4. The topological polar surface area (TPSA) is 29.5 Å². The number of amides is 1. The van der Waals surface area contributed by atoms with Crippen LogP contribution in [0.3, 0.4) is 0 Å². The van der Waals surface area contributed by atoms with Gasteiger partial charge in [-0.25, -0.2) is 0 Å². The van der Waals surface area contributed by atoms with Crippen molar-refractivity contribution in [3.63, 3.8) is 0 Å². The van der Waals surface area contributed by atoms with Crippen molar-refractivity contribution in [3.05, 3.63) is 11.8 Å². The molecule has 0 N–H and O–H groups in total. The van der Waals surface area contributed by atoms with Crippen LogP contribution in [-0.4, -0.2) is 23.5 Å². The molecule has 1 rings (SSSR count). The molecule has 0 unspecified atom stereocenters. The lowest BCUT2D eigenvalue weighted by Crippen LogP contribution is -2.38. The molecule has 1 amide bonds. The molecule has 4 heteroatoms. The maximum atomic E-state index is 11.9. The Hall–Kier alpha value is -0.540. The summed E-state index contributed by atoms with van der Waals surface area (Å²) < 4.78 is 0. The standard InChI is InChI=1S/C14H24ClNO2/c1-6-18-16(12(17)9-15)11-7-13(2,3)10-14(4,5)8-11/h7H,6,8-10H2,1-5H3. The third-order valence-corrected chi connectivity index (χ3v) is 3.24. The first-order valence-corrected chi connectivity index (χ1v) is 6.98. The summed E-state index contributed by atoms with van der Waals surface area (Å²) in [4.78, 5) is 17.3. The lowest BCUT2D eigenvalue weighted by Gasteiger charge is -2.41. The number of nitrogens with zero attached hydrogens (tertiary/aromatic N) is 1. The highest BCUT2D eigenvalue weighted by Crippen LogP contribution is 2.45. The van der Waals surface area contributed by atoms with Crippen molar-refractivity contribution in [2.45, 2.75) is 47.5 Å². The summed E-state index contributed by atoms with van der Waals surface area (Å²) in [5.74, 6) is -0.253. The molecular weight excluding hydrogens is 250 g/mol. The van der Waals surface area contributed by atoms with Crippen LogP contribution >= 0.6 is 11.6 Å². The number of carbonyl (C=O) groups excluding carboxylic acids is 1. The van der Waals surface area contributed by atoms with E-state index in [0.29, 0.717) is 6.61 Å². The van der Waals surface area contributed by atoms with Gasteiger partial charge in [0, 0.05) is 5.70 Å². The average molecular weight is 274 g/mol. The number of carbonyl (C=O) groups is 1. The van der Waals surface area contributed by atoms with Crippen LogP contribution in [0.4, 0.5) is 0 Å². The van der Waals surface area contributed by atoms with E-state index in [2.05, 4.69) is 33.8 Å². The maximum Gasteiger partial charge on any atom is 0.265 e. The van der Waals surface area contributed by atoms with Crippen molar-refractivity contribution in [2.24, 2.45) is 10.8 Å². The van der Waals surface area contributed by atoms with E-state index in [1.807, 2.05) is 6.92 Å². The number of hydrogen-bond acceptors (Lipinski definition) is 2. The maximum absolute atomic E-state index is 11.9. The monoisotopic (exact) mass is 273 g/mol. The second-order valence-electron chi connectivity index (χ2n) is 6.38. The minimum Gasteiger partial charge on any atom is -0.271 e. The Morgan fingerprint density at radius 3 is 2.50 bits per heavy atom. The quantitative estimate of drug-likeness (QED) is 0.577. The van der Waals surface area contributed by atoms with Gasteiger partial charge >= 0.3 is 0 Å². The molecular formula is C14H24ClNO2. The second kappa shape index (κ2) is 5.62. The van der Waals surface area contributed by atoms with Crippen LogP contribution in [0.15, 0.2) is 11.8 Å². The predicted octanol–water partition coefficient (Wildman–Crippen LogP) is 3.74. The van der Waals surface area contributed by atoms with Crippen molar-refractivity contribution in [1.82, 2.24) is 5.06 Å². The summed E-state index contributed by atoms with van der Waals surface area (Å²) in [5, 5.41) is 1.38. The molecule has 18 heavy (non-hydrogen) atoms. The van der Waals surface area contributed by atoms with Crippen molar-refractivity contribution in [1.29, 1.82) is 0 Å². The average Bonchev–Trinajstić information content (AvgIpc) is 2.20. The SMILES string of the molecule is CCON(C(=O)CCl)C1=CC(C)(C)CC(C)(C)C1. The minimum absolute atomic E-state index is 0.0573. The van der Waals surface area contributed by atoms with Crippen LogP contribution in [0.25, 0.3) is 0 Å². The molecule has 0 saturated heterocycles. The van der Waals surface area contributed by atoms with Crippen LogP contribution in [0.5, 0.6) is 0 Å². The van der Waals surface area contributed by atoms with Crippen LogP contribution in [0.2, 0.25) is 0 Å². The zero-order valence-corrected chi connectivity index (χ0v) is 12.8. The summed E-state index contributed by atoms with van der Waals surface area (Å²) in [5.41, 5.74) is 1.16. The van der Waals surface area contributed by atoms with E-state index in [1.165, 1.54) is 5.06 Å². The van der Waals surface area contributed by atoms with Gasteiger partial charge in [0.15, 0.2) is 0 Å². The number of hydroxylamine groups is 2. The van der Waals surface area contributed by atoms with Crippen molar-refractivity contribution < 1.29 is 9.63 Å². The molecule has 0 spiro atoms. The summed E-state index contributed by atoms with van der Waals surface area (Å²) >= 11 is 5.65. The lowest BCUT2D eigenvalue weighted by atomic mass is 9.68. The fourth-order valence-electron chi connectivity index (χ4n) is 2.97. The van der Waals surface area contributed by atoms with Crippen molar-refractivity contribution in [3.8, 4) is 0 Å². The van der Waals surface area contributed by atoms with Gasteiger partial charge < -0.3 is 0 Å². The Kier molecular flexibility index (Phi) is 4.84. The normalized spacial score (nSPS) is 21.3. The van der Waals surface area contributed by atoms with Crippen molar-refractivity contribution >= 4 is 17.5 Å². The molecule has 0 aromatic rings. The molecule has 0 bridgehead atoms. The lowest BCUT2D eigenvalue weighted by molar-refractivity contribution is -0.172. The highest BCUT2D eigenvalue weighted by atomic mass is 35.5. The van der Waals surface area contributed by atoms with Gasteiger partial charge in [0.1, 0.15) is 5.88 Å². The molecule has 0 atom stereocenters. The Balaban J connectivity index is 3.03. The van der Waals surface area contributed by atoms with Gasteiger partial charge in [-0.15, -0.1) is 11.6 Å². The second-order valence-corrected chi connectivity index (χ2v) is 6.65. The van der Waals surface area contributed by atoms with Gasteiger partial charge in [-0.1, -0.05) is 33.8 Å². The fraction of sp³-hybridized carbons (Fsp3) is 0.786. The van der Waals surface area contributed by atoms with Gasteiger partial charge in [-0.3, -0.25) is 9.63 Å². The van der Waals surface area contributed by atoms with Gasteiger partial charge in [0.2, 0.25) is 0 Å². The van der Waals surface area contributed by atoms with Crippen LogP contribution in [-0.2, 0) is 9.63 Å². The smallest absolute Gasteiger partial charge is 0.265 e. The zero-order valence-electron chi connectivity index (χ0n) is 12.0. The zero-order chi connectivity index (χ0) is 14.0. The fourth-order valence-corrected chi connectivity index (χ4v) is 3.08. The Labute approximate surface area is 115 Å². The summed E-state index contributed by atoms with van der Waals surface area (Å²) in [6, 6.07) is 0. The molecule has 0 fully saturated rings. The van der Waals surface area contributed by atoms with E-state index in [-0.39, 0.29) is 22.6 Å². The molecule has 1 aliphatic rings. The van der Waals surface area contributed by atoms with Gasteiger partial charge in [-0.2, -0.15) is 5.06 Å². The molecule has 0 aliphatic heterocycles. The first-order chi connectivity index (χ1) is 8.21. The van der Waals surface area contributed by atoms with E-state index in [1.54, 1.807) is 0 Å². The van der Waals surface area contributed by atoms with E-state index < -0.39 is 0 Å². The first kappa shape index (κ1) is 15.5. The summed E-state index contributed by atoms with van der Waals surface area (Å²) in [6.45, 7) is 11.1. The molecule has 1 aliphatic carbocycles. The molecule has 0 aromatic carbocycles. The third kappa shape index (κ3) is 3.99. The molecule has 0 heterocycles. The van der Waals surface area contributed by atoms with E-state index >= 15 is 0 Å². The number of hydrogen-bond donors (Lipinski definition) is 0. The third-order valence-electron chi connectivity index (χ3n) is 3.01. The molecule has 0 aromatic heterocycles. The number of halogens is 1. The highest BCUT2D eigenvalue weighted by molar-refractivity contribution is 6.27. The van der Waals surface area contributed by atoms with E-state index in [9.17, 15) is 4.79 Å². The molecule has 3 nitrogen and oxygen atoms in total.